The summed E-state index contributed by atoms with van der Waals surface area (Å²) in [4.78, 5) is 38.7. The zero-order valence-corrected chi connectivity index (χ0v) is 21.2. The molecule has 0 spiro atoms. The van der Waals surface area contributed by atoms with Gasteiger partial charge in [0, 0.05) is 44.4 Å². The Morgan fingerprint density at radius 3 is 2.89 bits per heavy atom. The number of methoxy groups -OCH3 is 1. The molecule has 2 fully saturated rings. The lowest BCUT2D eigenvalue weighted by atomic mass is 10.1. The number of morpholine rings is 1. The van der Waals surface area contributed by atoms with Crippen LogP contribution >= 0.6 is 11.8 Å². The fourth-order valence-electron chi connectivity index (χ4n) is 4.53. The Bertz CT molecular complexity index is 1260. The van der Waals surface area contributed by atoms with Crippen molar-refractivity contribution in [3.63, 3.8) is 0 Å². The number of amides is 2. The molecule has 2 saturated heterocycles. The second-order valence-electron chi connectivity index (χ2n) is 8.64. The lowest BCUT2D eigenvalue weighted by Crippen LogP contribution is -2.37. The molecule has 190 valence electrons. The lowest BCUT2D eigenvalue weighted by Gasteiger charge is -2.28. The van der Waals surface area contributed by atoms with E-state index >= 15 is 0 Å². The maximum absolute atomic E-state index is 12.9. The minimum absolute atomic E-state index is 0.0709. The average Bonchev–Trinajstić information content (AvgIpc) is 3.52. The number of nitrogens with one attached hydrogen (secondary N) is 1. The van der Waals surface area contributed by atoms with Crippen LogP contribution in [0.2, 0.25) is 0 Å². The summed E-state index contributed by atoms with van der Waals surface area (Å²) in [6.07, 6.45) is 3.91. The fourth-order valence-corrected chi connectivity index (χ4v) is 4.89. The molecule has 1 N–H and O–H groups in total. The standard InChI is InChI=1S/C24H29N7O4S/c1-34-18-5-3-4-17(13-18)30-15-16(12-20(30)32)23(33)25-6-7-31-22-19(14-26-31)21(27-24(28-22)36-2)29-8-10-35-11-9-29/h3-5,13-14,16H,6-12,15H2,1-2H3,(H,25,33). The molecule has 1 aromatic carbocycles. The highest BCUT2D eigenvalue weighted by Crippen LogP contribution is 2.29. The summed E-state index contributed by atoms with van der Waals surface area (Å²) in [5.74, 6) is 0.920. The number of thioether (sulfide) groups is 1. The van der Waals surface area contributed by atoms with E-state index in [1.807, 2.05) is 24.5 Å². The van der Waals surface area contributed by atoms with Crippen molar-refractivity contribution in [3.05, 3.63) is 30.5 Å². The van der Waals surface area contributed by atoms with Gasteiger partial charge in [-0.15, -0.1) is 0 Å². The van der Waals surface area contributed by atoms with Crippen LogP contribution in [0.1, 0.15) is 6.42 Å². The molecule has 36 heavy (non-hydrogen) atoms. The largest absolute Gasteiger partial charge is 0.497 e. The molecule has 2 amide bonds. The molecule has 2 aliphatic rings. The summed E-state index contributed by atoms with van der Waals surface area (Å²) in [5, 5.41) is 9.06. The molecule has 1 atom stereocenters. The Morgan fingerprint density at radius 1 is 1.28 bits per heavy atom. The monoisotopic (exact) mass is 511 g/mol. The molecule has 0 radical (unpaired) electrons. The topological polar surface area (TPSA) is 115 Å². The van der Waals surface area contributed by atoms with Crippen LogP contribution in [0.4, 0.5) is 11.5 Å². The summed E-state index contributed by atoms with van der Waals surface area (Å²) in [6.45, 7) is 4.06. The molecule has 11 nitrogen and oxygen atoms in total. The predicted octanol–water partition coefficient (Wildman–Crippen LogP) is 1.56. The molecule has 0 saturated carbocycles. The fraction of sp³-hybridized carbons (Fsp3) is 0.458. The number of benzene rings is 1. The number of carbonyl (C=O) groups is 2. The van der Waals surface area contributed by atoms with Crippen molar-refractivity contribution in [2.75, 3.05) is 62.6 Å². The quantitative estimate of drug-likeness (QED) is 0.355. The summed E-state index contributed by atoms with van der Waals surface area (Å²) in [7, 11) is 1.58. The molecule has 1 unspecified atom stereocenters. The highest BCUT2D eigenvalue weighted by molar-refractivity contribution is 7.98. The molecule has 2 aliphatic heterocycles. The Balaban J connectivity index is 1.23. The van der Waals surface area contributed by atoms with Crippen LogP contribution in [0, 0.1) is 5.92 Å². The zero-order chi connectivity index (χ0) is 25.1. The number of rotatable bonds is 8. The molecule has 0 aliphatic carbocycles. The molecule has 5 rings (SSSR count). The lowest BCUT2D eigenvalue weighted by molar-refractivity contribution is -0.126. The molecule has 4 heterocycles. The van der Waals surface area contributed by atoms with E-state index in [9.17, 15) is 9.59 Å². The van der Waals surface area contributed by atoms with Crippen LogP contribution in [-0.2, 0) is 20.9 Å². The molecular weight excluding hydrogens is 482 g/mol. The molecule has 12 heteroatoms. The van der Waals surface area contributed by atoms with Crippen molar-refractivity contribution >= 4 is 46.1 Å². The Labute approximate surface area is 213 Å². The van der Waals surface area contributed by atoms with E-state index in [-0.39, 0.29) is 18.2 Å². The Hall–Kier alpha value is -3.38. The third-order valence-electron chi connectivity index (χ3n) is 6.43. The third-order valence-corrected chi connectivity index (χ3v) is 6.98. The normalized spacial score (nSPS) is 18.2. The van der Waals surface area contributed by atoms with Gasteiger partial charge >= 0.3 is 0 Å². The van der Waals surface area contributed by atoms with Gasteiger partial charge in [0.25, 0.3) is 0 Å². The Kier molecular flexibility index (Phi) is 7.23. The second-order valence-corrected chi connectivity index (χ2v) is 9.41. The maximum atomic E-state index is 12.9. The predicted molar refractivity (Wildman–Crippen MR) is 137 cm³/mol. The van der Waals surface area contributed by atoms with Gasteiger partial charge in [-0.05, 0) is 18.4 Å². The number of carbonyl (C=O) groups excluding carboxylic acids is 2. The van der Waals surface area contributed by atoms with Crippen molar-refractivity contribution in [2.24, 2.45) is 5.92 Å². The van der Waals surface area contributed by atoms with Gasteiger partial charge in [-0.1, -0.05) is 17.8 Å². The van der Waals surface area contributed by atoms with Crippen LogP contribution < -0.4 is 19.9 Å². The molecule has 0 bridgehead atoms. The van der Waals surface area contributed by atoms with E-state index in [0.29, 0.717) is 43.8 Å². The van der Waals surface area contributed by atoms with E-state index in [1.54, 1.807) is 29.0 Å². The van der Waals surface area contributed by atoms with Crippen molar-refractivity contribution in [2.45, 2.75) is 18.1 Å². The van der Waals surface area contributed by atoms with Crippen molar-refractivity contribution < 1.29 is 19.1 Å². The minimum atomic E-state index is -0.406. The third kappa shape index (κ3) is 4.96. The number of ether oxygens (including phenoxy) is 2. The van der Waals surface area contributed by atoms with Gasteiger partial charge < -0.3 is 24.6 Å². The average molecular weight is 512 g/mol. The van der Waals surface area contributed by atoms with Gasteiger partial charge in [0.2, 0.25) is 11.8 Å². The van der Waals surface area contributed by atoms with Crippen LogP contribution in [0.15, 0.2) is 35.6 Å². The van der Waals surface area contributed by atoms with Crippen molar-refractivity contribution in [3.8, 4) is 5.75 Å². The zero-order valence-electron chi connectivity index (χ0n) is 20.3. The summed E-state index contributed by atoms with van der Waals surface area (Å²) >= 11 is 1.48. The summed E-state index contributed by atoms with van der Waals surface area (Å²) < 4.78 is 12.5. The van der Waals surface area contributed by atoms with Gasteiger partial charge in [0.1, 0.15) is 11.6 Å². The number of nitrogens with zero attached hydrogens (tertiary/aromatic N) is 6. The highest BCUT2D eigenvalue weighted by atomic mass is 32.2. The number of fused-ring (bicyclic) bond motifs is 1. The van der Waals surface area contributed by atoms with Gasteiger partial charge in [-0.3, -0.25) is 9.59 Å². The number of hydrogen-bond acceptors (Lipinski definition) is 9. The van der Waals surface area contributed by atoms with E-state index < -0.39 is 5.92 Å². The first-order valence-corrected chi connectivity index (χ1v) is 13.1. The van der Waals surface area contributed by atoms with Crippen LogP contribution in [-0.4, -0.2) is 84.3 Å². The van der Waals surface area contributed by atoms with Crippen molar-refractivity contribution in [1.29, 1.82) is 0 Å². The van der Waals surface area contributed by atoms with Gasteiger partial charge in [-0.25, -0.2) is 14.6 Å². The van der Waals surface area contributed by atoms with Crippen LogP contribution in [0.5, 0.6) is 5.75 Å². The number of hydrogen-bond donors (Lipinski definition) is 1. The van der Waals surface area contributed by atoms with Crippen LogP contribution in [0.25, 0.3) is 11.0 Å². The molecule has 3 aromatic rings. The van der Waals surface area contributed by atoms with Crippen LogP contribution in [0.3, 0.4) is 0 Å². The van der Waals surface area contributed by atoms with Gasteiger partial charge in [0.15, 0.2) is 10.8 Å². The molecule has 2 aromatic heterocycles. The summed E-state index contributed by atoms with van der Waals surface area (Å²) in [6, 6.07) is 7.31. The first-order valence-electron chi connectivity index (χ1n) is 11.9. The molecular formula is C24H29N7O4S. The van der Waals surface area contributed by atoms with Crippen molar-refractivity contribution in [1.82, 2.24) is 25.1 Å². The van der Waals surface area contributed by atoms with E-state index in [4.69, 9.17) is 14.5 Å². The minimum Gasteiger partial charge on any atom is -0.497 e. The van der Waals surface area contributed by atoms with E-state index in [2.05, 4.69) is 20.3 Å². The van der Waals surface area contributed by atoms with E-state index in [1.165, 1.54) is 11.8 Å². The van der Waals surface area contributed by atoms with Gasteiger partial charge in [-0.2, -0.15) is 5.10 Å². The van der Waals surface area contributed by atoms with Gasteiger partial charge in [0.05, 0.1) is 44.4 Å². The highest BCUT2D eigenvalue weighted by Gasteiger charge is 2.35. The Morgan fingerprint density at radius 2 is 2.11 bits per heavy atom. The second kappa shape index (κ2) is 10.7. The number of anilines is 2. The number of aromatic nitrogens is 4. The maximum Gasteiger partial charge on any atom is 0.227 e. The van der Waals surface area contributed by atoms with E-state index in [0.717, 1.165) is 35.6 Å². The summed E-state index contributed by atoms with van der Waals surface area (Å²) in [5.41, 5.74) is 1.48. The first-order chi connectivity index (χ1) is 17.6. The first kappa shape index (κ1) is 24.3. The SMILES string of the molecule is COc1cccc(N2CC(C(=O)NCCn3ncc4c(N5CCOCC5)nc(SC)nc43)CC2=O)c1. The smallest absolute Gasteiger partial charge is 0.227 e.